The Bertz CT molecular complexity index is 5180. The number of hydrogen-bond acceptors (Lipinski definition) is 0. The topological polar surface area (TPSA) is 9.86 Å². The minimum Gasteiger partial charge on any atom is -0.309 e. The first-order chi connectivity index (χ1) is 44.5. The molecule has 0 unspecified atom stereocenters. The molecule has 4 aliphatic carbocycles. The van der Waals surface area contributed by atoms with Crippen LogP contribution in [0.2, 0.25) is 0 Å². The van der Waals surface area contributed by atoms with Crippen molar-refractivity contribution < 1.29 is 0 Å². The smallest absolute Gasteiger partial charge is 0.0541 e. The summed E-state index contributed by atoms with van der Waals surface area (Å²) in [4.78, 5) is 0. The van der Waals surface area contributed by atoms with Crippen molar-refractivity contribution in [1.29, 1.82) is 0 Å². The Hall–Kier alpha value is -10.5. The average Bonchev–Trinajstić information content (AvgIpc) is 1.54. The molecule has 2 saturated carbocycles. The van der Waals surface area contributed by atoms with Crippen LogP contribution in [0.5, 0.6) is 0 Å². The van der Waals surface area contributed by atoms with E-state index >= 15 is 0 Å². The molecule has 426 valence electrons. The molecular weight excluding hydrogens is 1080 g/mol. The maximum Gasteiger partial charge on any atom is 0.0541 e. The van der Waals surface area contributed by atoms with Crippen molar-refractivity contribution in [3.8, 4) is 55.9 Å². The lowest BCUT2D eigenvalue weighted by Gasteiger charge is -2.29. The first-order valence-corrected chi connectivity index (χ1v) is 32.6. The second-order valence-electron chi connectivity index (χ2n) is 26.2. The highest BCUT2D eigenvalue weighted by molar-refractivity contribution is 6.13. The van der Waals surface area contributed by atoms with Gasteiger partial charge in [0.25, 0.3) is 0 Å². The van der Waals surface area contributed by atoms with Crippen LogP contribution < -0.4 is 0 Å². The van der Waals surface area contributed by atoms with Crippen molar-refractivity contribution >= 4 is 89.5 Å². The minimum absolute atomic E-state index is 0.0493. The van der Waals surface area contributed by atoms with E-state index in [2.05, 4.69) is 300 Å². The molecule has 2 heteroatoms. The van der Waals surface area contributed by atoms with Gasteiger partial charge < -0.3 is 9.13 Å². The lowest BCUT2D eigenvalue weighted by atomic mass is 9.74. The van der Waals surface area contributed by atoms with E-state index in [0.717, 1.165) is 0 Å². The number of benzene rings is 13. The maximum atomic E-state index is 2.70. The van der Waals surface area contributed by atoms with Gasteiger partial charge >= 0.3 is 0 Å². The van der Waals surface area contributed by atoms with Crippen LogP contribution in [0.1, 0.15) is 95.9 Å². The van der Waals surface area contributed by atoms with E-state index in [4.69, 9.17) is 0 Å². The van der Waals surface area contributed by atoms with Crippen molar-refractivity contribution in [2.45, 2.75) is 62.2 Å². The van der Waals surface area contributed by atoms with Gasteiger partial charge in [0.15, 0.2) is 0 Å². The molecule has 2 aromatic heterocycles. The molecule has 15 aromatic rings. The number of aromatic nitrogens is 2. The summed E-state index contributed by atoms with van der Waals surface area (Å²) in [6, 6.07) is 101. The molecule has 2 nitrogen and oxygen atoms in total. The second-order valence-corrected chi connectivity index (χ2v) is 26.2. The Morgan fingerprint density at radius 2 is 0.589 bits per heavy atom. The molecule has 2 fully saturated rings. The maximum absolute atomic E-state index is 2.70. The highest BCUT2D eigenvalue weighted by atomic mass is 15.0. The fraction of sp³-hybridized carbons (Fsp3) is 0.114. The molecule has 19 rings (SSSR count). The molecule has 13 aromatic carbocycles. The summed E-state index contributed by atoms with van der Waals surface area (Å²) in [5.41, 5.74) is 29.5. The average molecular weight is 1150 g/mol. The number of nitrogens with zero attached hydrogens (tertiary/aromatic N) is 2. The van der Waals surface area contributed by atoms with E-state index < -0.39 is 0 Å². The number of fused-ring (bicyclic) bond motifs is 18. The molecular formula is C88H64N2. The van der Waals surface area contributed by atoms with Crippen molar-refractivity contribution in [2.24, 2.45) is 0 Å². The Morgan fingerprint density at radius 1 is 0.244 bits per heavy atom. The molecule has 0 N–H and O–H groups in total. The standard InChI is InChI=1S/C88H64N2/c1-3-19-67-63(15-1)17-13-25-81(67)89-83-23-7-5-21-71(83)75-51-59(35-45-85(75)89)29-27-57-31-37-61(38-32-57)65-41-43-69-73-55-80-74(56-79(73)87(77(69)53-65)47-9-10-48-87)70-44-42-66(54-78(70)88(80)49-11-12-50-88)62-39-33-58(34-40-62)28-30-60-36-46-86-76(52-60)72-22-6-8-24-84(72)90(86)82-26-14-18-64-16-2-4-20-68(64)82/h1-8,13-46,51-56H,9-12,47-50H2. The van der Waals surface area contributed by atoms with Gasteiger partial charge in [-0.1, -0.05) is 244 Å². The monoisotopic (exact) mass is 1150 g/mol. The zero-order valence-corrected chi connectivity index (χ0v) is 50.3. The third-order valence-electron chi connectivity index (χ3n) is 21.6. The van der Waals surface area contributed by atoms with Crippen molar-refractivity contribution in [3.05, 3.63) is 311 Å². The summed E-state index contributed by atoms with van der Waals surface area (Å²) in [5, 5.41) is 10.1. The lowest BCUT2D eigenvalue weighted by Crippen LogP contribution is -2.22. The van der Waals surface area contributed by atoms with Gasteiger partial charge in [0.05, 0.1) is 33.4 Å². The Balaban J connectivity index is 0.594. The number of para-hydroxylation sites is 2. The van der Waals surface area contributed by atoms with Crippen LogP contribution in [0.3, 0.4) is 0 Å². The van der Waals surface area contributed by atoms with E-state index in [1.165, 1.54) is 195 Å². The van der Waals surface area contributed by atoms with Gasteiger partial charge in [-0.05, 0) is 198 Å². The van der Waals surface area contributed by atoms with Crippen LogP contribution in [0.4, 0.5) is 0 Å². The van der Waals surface area contributed by atoms with E-state index in [0.29, 0.717) is 0 Å². The van der Waals surface area contributed by atoms with Crippen LogP contribution in [0, 0.1) is 0 Å². The van der Waals surface area contributed by atoms with Crippen molar-refractivity contribution in [3.63, 3.8) is 0 Å². The van der Waals surface area contributed by atoms with Gasteiger partial charge in [0.1, 0.15) is 0 Å². The first kappa shape index (κ1) is 51.5. The normalized spacial score (nSPS) is 15.3. The summed E-state index contributed by atoms with van der Waals surface area (Å²) in [5.74, 6) is 0. The highest BCUT2D eigenvalue weighted by Gasteiger charge is 2.50. The lowest BCUT2D eigenvalue weighted by molar-refractivity contribution is 0.544. The molecule has 0 saturated heterocycles. The molecule has 2 heterocycles. The van der Waals surface area contributed by atoms with E-state index in [9.17, 15) is 0 Å². The van der Waals surface area contributed by atoms with Crippen LogP contribution in [0.15, 0.2) is 267 Å². The summed E-state index contributed by atoms with van der Waals surface area (Å²) >= 11 is 0. The highest BCUT2D eigenvalue weighted by Crippen LogP contribution is 2.63. The van der Waals surface area contributed by atoms with E-state index in [-0.39, 0.29) is 10.8 Å². The molecule has 2 spiro atoms. The third-order valence-corrected chi connectivity index (χ3v) is 21.6. The minimum atomic E-state index is 0.0493. The fourth-order valence-electron chi connectivity index (χ4n) is 17.3. The fourth-order valence-corrected chi connectivity index (χ4v) is 17.3. The van der Waals surface area contributed by atoms with Crippen LogP contribution in [-0.4, -0.2) is 9.13 Å². The summed E-state index contributed by atoms with van der Waals surface area (Å²) in [6.45, 7) is 0. The van der Waals surface area contributed by atoms with Crippen molar-refractivity contribution in [2.75, 3.05) is 0 Å². The van der Waals surface area contributed by atoms with Gasteiger partial charge in [-0.25, -0.2) is 0 Å². The predicted octanol–water partition coefficient (Wildman–Crippen LogP) is 23.5. The predicted molar refractivity (Wildman–Crippen MR) is 381 cm³/mol. The molecule has 90 heavy (non-hydrogen) atoms. The largest absolute Gasteiger partial charge is 0.309 e. The molecule has 4 aliphatic rings. The Morgan fingerprint density at radius 3 is 1.03 bits per heavy atom. The molecule has 0 atom stereocenters. The van der Waals surface area contributed by atoms with Gasteiger partial charge in [-0.2, -0.15) is 0 Å². The van der Waals surface area contributed by atoms with Gasteiger partial charge in [-0.3, -0.25) is 0 Å². The first-order valence-electron chi connectivity index (χ1n) is 32.6. The molecule has 0 radical (unpaired) electrons. The van der Waals surface area contributed by atoms with Crippen molar-refractivity contribution in [1.82, 2.24) is 9.13 Å². The summed E-state index contributed by atoms with van der Waals surface area (Å²) in [6.07, 6.45) is 19.0. The number of rotatable bonds is 8. The van der Waals surface area contributed by atoms with Gasteiger partial charge in [0, 0.05) is 43.1 Å². The van der Waals surface area contributed by atoms with E-state index in [1.807, 2.05) is 0 Å². The quantitative estimate of drug-likeness (QED) is 0.134. The van der Waals surface area contributed by atoms with Gasteiger partial charge in [-0.15, -0.1) is 0 Å². The van der Waals surface area contributed by atoms with Gasteiger partial charge in [0.2, 0.25) is 0 Å². The molecule has 0 amide bonds. The molecule has 0 aliphatic heterocycles. The SMILES string of the molecule is C(=Cc1ccc2c(c1)c1ccccc1n2-c1cccc2ccccc12)c1ccc(-c2ccc3c(c2)C2(CCCC2)c2cc4c(cc2-3)C2(CCCC2)c2cc(-c3ccc(C=Cc5ccc6c(c5)c5ccccc5n6-c5cccc6ccccc56)cc3)ccc2-4)cc1. The zero-order valence-electron chi connectivity index (χ0n) is 50.3. The van der Waals surface area contributed by atoms with Crippen LogP contribution >= 0.6 is 0 Å². The van der Waals surface area contributed by atoms with Crippen LogP contribution in [-0.2, 0) is 10.8 Å². The third kappa shape index (κ3) is 7.77. The Kier molecular flexibility index (Phi) is 11.4. The number of hydrogen-bond donors (Lipinski definition) is 0. The molecule has 0 bridgehead atoms. The van der Waals surface area contributed by atoms with E-state index in [1.54, 1.807) is 22.3 Å². The van der Waals surface area contributed by atoms with Crippen LogP contribution in [0.25, 0.3) is 145 Å². The Labute approximate surface area is 525 Å². The summed E-state index contributed by atoms with van der Waals surface area (Å²) < 4.78 is 4.87. The summed E-state index contributed by atoms with van der Waals surface area (Å²) in [7, 11) is 0. The zero-order chi connectivity index (χ0) is 59.1. The second kappa shape index (κ2) is 20.0.